The van der Waals surface area contributed by atoms with Crippen molar-refractivity contribution < 1.29 is 24.2 Å². The number of fused-ring (bicyclic) bond motifs is 1. The molecule has 1 saturated heterocycles. The Morgan fingerprint density at radius 2 is 2.03 bits per heavy atom. The quantitative estimate of drug-likeness (QED) is 0.462. The molecule has 1 aromatic heterocycles. The van der Waals surface area contributed by atoms with E-state index in [2.05, 4.69) is 32.3 Å². The maximum atomic E-state index is 13.2. The Hall–Kier alpha value is -4.20. The number of aliphatic hydroxyl groups is 1. The van der Waals surface area contributed by atoms with E-state index in [1.165, 1.54) is 4.90 Å². The molecule has 10 heteroatoms. The van der Waals surface area contributed by atoms with Gasteiger partial charge in [0.1, 0.15) is 29.8 Å². The van der Waals surface area contributed by atoms with Gasteiger partial charge in [-0.05, 0) is 23.8 Å². The van der Waals surface area contributed by atoms with Crippen LogP contribution in [0, 0.1) is 11.8 Å². The number of nitrogens with one attached hydrogen (secondary N) is 2. The monoisotopic (exact) mass is 501 g/mol. The number of aromatic nitrogens is 3. The van der Waals surface area contributed by atoms with Gasteiger partial charge in [0.05, 0.1) is 18.9 Å². The van der Waals surface area contributed by atoms with Crippen LogP contribution in [0.2, 0.25) is 0 Å². The van der Waals surface area contributed by atoms with Gasteiger partial charge in [-0.3, -0.25) is 14.7 Å². The lowest BCUT2D eigenvalue weighted by Gasteiger charge is -2.26. The summed E-state index contributed by atoms with van der Waals surface area (Å²) in [5.41, 5.74) is 1.11. The number of likely N-dealkylation sites (N-methyl/N-ethyl adjacent to an activating group) is 1. The third kappa shape index (κ3) is 5.63. The Morgan fingerprint density at radius 3 is 2.81 bits per heavy atom. The fraction of sp³-hybridized carbons (Fsp3) is 0.333. The Bertz CT molecular complexity index is 1350. The van der Waals surface area contributed by atoms with Crippen molar-refractivity contribution in [3.8, 4) is 17.6 Å². The van der Waals surface area contributed by atoms with Gasteiger partial charge in [0.2, 0.25) is 5.82 Å². The first-order valence-electron chi connectivity index (χ1n) is 12.0. The molecule has 3 N–H and O–H groups in total. The van der Waals surface area contributed by atoms with Gasteiger partial charge in [-0.15, -0.1) is 5.10 Å². The number of ether oxygens (including phenoxy) is 2. The summed E-state index contributed by atoms with van der Waals surface area (Å²) in [5.74, 6) is 6.01. The Balaban J connectivity index is 1.26. The van der Waals surface area contributed by atoms with E-state index >= 15 is 0 Å². The van der Waals surface area contributed by atoms with Crippen LogP contribution < -0.4 is 15.0 Å². The largest absolute Gasteiger partial charge is 0.489 e. The number of hydrogen-bond donors (Lipinski definition) is 3. The number of H-pyrrole nitrogens is 1. The van der Waals surface area contributed by atoms with Gasteiger partial charge in [0.25, 0.3) is 11.8 Å². The van der Waals surface area contributed by atoms with Crippen molar-refractivity contribution in [1.29, 1.82) is 0 Å². The highest BCUT2D eigenvalue weighted by Crippen LogP contribution is 2.31. The minimum Gasteiger partial charge on any atom is -0.489 e. The summed E-state index contributed by atoms with van der Waals surface area (Å²) in [7, 11) is 1.61. The van der Waals surface area contributed by atoms with E-state index in [-0.39, 0.29) is 18.3 Å². The third-order valence-electron chi connectivity index (χ3n) is 6.37. The van der Waals surface area contributed by atoms with Gasteiger partial charge in [-0.25, -0.2) is 4.98 Å². The van der Waals surface area contributed by atoms with Crippen LogP contribution in [0.25, 0.3) is 0 Å². The summed E-state index contributed by atoms with van der Waals surface area (Å²) in [6, 6.07) is 14.0. The number of rotatable bonds is 4. The van der Waals surface area contributed by atoms with E-state index in [4.69, 9.17) is 9.47 Å². The number of carbonyl (C=O) groups excluding carboxylic acids is 2. The van der Waals surface area contributed by atoms with Gasteiger partial charge in [-0.1, -0.05) is 42.2 Å². The summed E-state index contributed by atoms with van der Waals surface area (Å²) in [4.78, 5) is 31.7. The highest BCUT2D eigenvalue weighted by Gasteiger charge is 2.32. The average molecular weight is 502 g/mol. The first-order valence-corrected chi connectivity index (χ1v) is 12.0. The van der Waals surface area contributed by atoms with Gasteiger partial charge >= 0.3 is 0 Å². The molecule has 0 saturated carbocycles. The number of nitrogens with zero attached hydrogens (tertiary/aromatic N) is 3. The molecule has 1 atom stereocenters. The Morgan fingerprint density at radius 1 is 1.24 bits per heavy atom. The van der Waals surface area contributed by atoms with E-state index in [1.807, 2.05) is 30.3 Å². The zero-order valence-electron chi connectivity index (χ0n) is 20.4. The SMILES string of the molecule is CN1C(=O)[C@@H](NC(=O)c2n[nH]c(Cc3ccccc3)n2)COc2ccc(C#CC3(O)CCOCC3)cc21. The van der Waals surface area contributed by atoms with Gasteiger partial charge in [0.15, 0.2) is 0 Å². The molecule has 3 aromatic rings. The van der Waals surface area contributed by atoms with Crippen molar-refractivity contribution in [3.05, 3.63) is 71.3 Å². The lowest BCUT2D eigenvalue weighted by molar-refractivity contribution is -0.120. The first-order chi connectivity index (χ1) is 17.9. The van der Waals surface area contributed by atoms with Crippen LogP contribution in [-0.4, -0.2) is 70.6 Å². The highest BCUT2D eigenvalue weighted by molar-refractivity contribution is 6.02. The first kappa shape index (κ1) is 24.5. The third-order valence-corrected chi connectivity index (χ3v) is 6.37. The fourth-order valence-electron chi connectivity index (χ4n) is 4.19. The molecular weight excluding hydrogens is 474 g/mol. The van der Waals surface area contributed by atoms with Gasteiger partial charge < -0.3 is 24.8 Å². The molecule has 0 unspecified atom stereocenters. The Kier molecular flexibility index (Phi) is 6.90. The van der Waals surface area contributed by atoms with E-state index in [1.54, 1.807) is 25.2 Å². The predicted molar refractivity (Wildman–Crippen MR) is 134 cm³/mol. The standard InChI is InChI=1S/C27H27N5O5/c1-32-21-15-19(9-10-27(35)11-13-36-14-12-27)7-8-22(21)37-17-20(26(32)34)28-25(33)24-29-23(30-31-24)16-18-5-3-2-4-6-18/h2-8,15,20,35H,11-14,16-17H2,1H3,(H,28,33)(H,29,30,31)/t20-/m0/s1. The maximum absolute atomic E-state index is 13.2. The normalized spacial score (nSPS) is 18.6. The predicted octanol–water partition coefficient (Wildman–Crippen LogP) is 1.44. The van der Waals surface area contributed by atoms with Gasteiger partial charge in [-0.2, -0.15) is 0 Å². The molecule has 5 rings (SSSR count). The van der Waals surface area contributed by atoms with Crippen LogP contribution >= 0.6 is 0 Å². The van der Waals surface area contributed by atoms with E-state index in [9.17, 15) is 14.7 Å². The van der Waals surface area contributed by atoms with Crippen molar-refractivity contribution in [2.45, 2.75) is 30.9 Å². The zero-order valence-corrected chi connectivity index (χ0v) is 20.4. The molecule has 2 aromatic carbocycles. The summed E-state index contributed by atoms with van der Waals surface area (Å²) in [6.45, 7) is 0.888. The van der Waals surface area contributed by atoms with E-state index < -0.39 is 17.6 Å². The molecule has 3 heterocycles. The lowest BCUT2D eigenvalue weighted by atomic mass is 9.95. The molecule has 0 radical (unpaired) electrons. The number of benzene rings is 2. The smallest absolute Gasteiger partial charge is 0.291 e. The van der Waals surface area contributed by atoms with Crippen LogP contribution in [0.3, 0.4) is 0 Å². The molecule has 2 aliphatic rings. The highest BCUT2D eigenvalue weighted by atomic mass is 16.5. The number of aromatic amines is 1. The van der Waals surface area contributed by atoms with Crippen molar-refractivity contribution in [3.63, 3.8) is 0 Å². The van der Waals surface area contributed by atoms with Crippen LogP contribution in [0.4, 0.5) is 5.69 Å². The van der Waals surface area contributed by atoms with Crippen LogP contribution in [0.1, 0.15) is 40.4 Å². The van der Waals surface area contributed by atoms with Gasteiger partial charge in [0, 0.05) is 31.9 Å². The minimum atomic E-state index is -1.08. The lowest BCUT2D eigenvalue weighted by Crippen LogP contribution is -2.49. The molecule has 190 valence electrons. The topological polar surface area (TPSA) is 130 Å². The zero-order chi connectivity index (χ0) is 25.8. The van der Waals surface area contributed by atoms with Crippen LogP contribution in [0.5, 0.6) is 5.75 Å². The molecule has 0 bridgehead atoms. The minimum absolute atomic E-state index is 0.0476. The molecule has 0 spiro atoms. The number of amides is 2. The maximum Gasteiger partial charge on any atom is 0.291 e. The number of carbonyl (C=O) groups is 2. The molecule has 37 heavy (non-hydrogen) atoms. The van der Waals surface area contributed by atoms with Crippen LogP contribution in [-0.2, 0) is 16.0 Å². The molecule has 10 nitrogen and oxygen atoms in total. The summed E-state index contributed by atoms with van der Waals surface area (Å²) in [5, 5.41) is 20.1. The van der Waals surface area contributed by atoms with Crippen molar-refractivity contribution >= 4 is 17.5 Å². The second kappa shape index (κ2) is 10.4. The number of hydrogen-bond acceptors (Lipinski definition) is 7. The van der Waals surface area contributed by atoms with Crippen molar-refractivity contribution in [2.75, 3.05) is 31.8 Å². The van der Waals surface area contributed by atoms with Crippen LogP contribution in [0.15, 0.2) is 48.5 Å². The summed E-state index contributed by atoms with van der Waals surface area (Å²) < 4.78 is 11.1. The van der Waals surface area contributed by atoms with Crippen molar-refractivity contribution in [1.82, 2.24) is 20.5 Å². The molecule has 1 fully saturated rings. The second-order valence-corrected chi connectivity index (χ2v) is 9.08. The number of anilines is 1. The molecule has 2 amide bonds. The second-order valence-electron chi connectivity index (χ2n) is 9.08. The average Bonchev–Trinajstić information content (AvgIpc) is 3.35. The molecule has 0 aliphatic carbocycles. The van der Waals surface area contributed by atoms with E-state index in [0.29, 0.717) is 55.3 Å². The molecule has 2 aliphatic heterocycles. The molecular formula is C27H27N5O5. The fourth-order valence-corrected chi connectivity index (χ4v) is 4.19. The summed E-state index contributed by atoms with van der Waals surface area (Å²) in [6.07, 6.45) is 1.40. The summed E-state index contributed by atoms with van der Waals surface area (Å²) >= 11 is 0. The van der Waals surface area contributed by atoms with E-state index in [0.717, 1.165) is 5.56 Å². The Labute approximate surface area is 214 Å². The van der Waals surface area contributed by atoms with Crippen molar-refractivity contribution in [2.24, 2.45) is 0 Å².